The van der Waals surface area contributed by atoms with Gasteiger partial charge in [0.25, 0.3) is 5.91 Å². The molecule has 116 valence electrons. The van der Waals surface area contributed by atoms with Gasteiger partial charge >= 0.3 is 0 Å². The molecule has 0 fully saturated rings. The summed E-state index contributed by atoms with van der Waals surface area (Å²) in [6.45, 7) is 3.47. The van der Waals surface area contributed by atoms with Crippen LogP contribution in [0.15, 0.2) is 39.2 Å². The van der Waals surface area contributed by atoms with Gasteiger partial charge in [-0.05, 0) is 48.0 Å². The van der Waals surface area contributed by atoms with E-state index in [1.807, 2.05) is 18.2 Å². The number of benzene rings is 1. The zero-order valence-corrected chi connectivity index (χ0v) is 14.2. The van der Waals surface area contributed by atoms with Crippen molar-refractivity contribution >= 4 is 33.4 Å². The number of anilines is 1. The number of rotatable bonds is 4. The van der Waals surface area contributed by atoms with Gasteiger partial charge in [-0.1, -0.05) is 12.1 Å². The number of carbonyl (C=O) groups excluding carboxylic acids is 2. The highest BCUT2D eigenvalue weighted by atomic mass is 79.9. The van der Waals surface area contributed by atoms with Crippen LogP contribution < -0.4 is 5.32 Å². The lowest BCUT2D eigenvalue weighted by Gasteiger charge is -2.16. The molecule has 1 aromatic carbocycles. The van der Waals surface area contributed by atoms with Crippen molar-refractivity contribution in [3.63, 3.8) is 0 Å². The van der Waals surface area contributed by atoms with Crippen LogP contribution in [0.1, 0.15) is 21.9 Å². The van der Waals surface area contributed by atoms with Crippen LogP contribution in [0.5, 0.6) is 0 Å². The van der Waals surface area contributed by atoms with Crippen molar-refractivity contribution in [3.8, 4) is 0 Å². The SMILES string of the molecule is Cc1cc(C(=O)N(C)CC(=O)Nc2ccccc2Br)c(C)o1. The van der Waals surface area contributed by atoms with Gasteiger partial charge in [0.15, 0.2) is 0 Å². The fraction of sp³-hybridized carbons (Fsp3) is 0.250. The van der Waals surface area contributed by atoms with E-state index in [9.17, 15) is 9.59 Å². The monoisotopic (exact) mass is 364 g/mol. The Morgan fingerprint density at radius 2 is 1.95 bits per heavy atom. The number of likely N-dealkylation sites (N-methyl/N-ethyl adjacent to an activating group) is 1. The Morgan fingerprint density at radius 3 is 2.55 bits per heavy atom. The predicted octanol–water partition coefficient (Wildman–Crippen LogP) is 3.37. The summed E-state index contributed by atoms with van der Waals surface area (Å²) in [5, 5.41) is 2.76. The number of nitrogens with zero attached hydrogens (tertiary/aromatic N) is 1. The van der Waals surface area contributed by atoms with E-state index in [-0.39, 0.29) is 18.4 Å². The van der Waals surface area contributed by atoms with Crippen LogP contribution >= 0.6 is 15.9 Å². The van der Waals surface area contributed by atoms with Gasteiger partial charge < -0.3 is 14.6 Å². The van der Waals surface area contributed by atoms with Crippen molar-refractivity contribution < 1.29 is 14.0 Å². The van der Waals surface area contributed by atoms with Gasteiger partial charge in [-0.3, -0.25) is 9.59 Å². The van der Waals surface area contributed by atoms with Crippen molar-refractivity contribution in [2.75, 3.05) is 18.9 Å². The van der Waals surface area contributed by atoms with Gasteiger partial charge in [-0.2, -0.15) is 0 Å². The number of para-hydroxylation sites is 1. The highest BCUT2D eigenvalue weighted by Gasteiger charge is 2.19. The van der Waals surface area contributed by atoms with Crippen LogP contribution in [0.2, 0.25) is 0 Å². The van der Waals surface area contributed by atoms with Crippen LogP contribution in [0.25, 0.3) is 0 Å². The van der Waals surface area contributed by atoms with Crippen LogP contribution in [0.4, 0.5) is 5.69 Å². The van der Waals surface area contributed by atoms with Crippen LogP contribution in [0, 0.1) is 13.8 Å². The third-order valence-corrected chi connectivity index (χ3v) is 3.84. The summed E-state index contributed by atoms with van der Waals surface area (Å²) in [4.78, 5) is 25.7. The molecule has 5 nitrogen and oxygen atoms in total. The normalized spacial score (nSPS) is 10.4. The molecule has 0 unspecified atom stereocenters. The maximum Gasteiger partial charge on any atom is 0.257 e. The van der Waals surface area contributed by atoms with Gasteiger partial charge in [0, 0.05) is 11.5 Å². The van der Waals surface area contributed by atoms with Crippen LogP contribution in [0.3, 0.4) is 0 Å². The first-order chi connectivity index (χ1) is 10.4. The molecule has 0 atom stereocenters. The Labute approximate surface area is 137 Å². The molecule has 0 aliphatic rings. The van der Waals surface area contributed by atoms with Crippen molar-refractivity contribution in [1.82, 2.24) is 4.90 Å². The van der Waals surface area contributed by atoms with Gasteiger partial charge in [0.2, 0.25) is 5.91 Å². The van der Waals surface area contributed by atoms with Gasteiger partial charge in [0.1, 0.15) is 11.5 Å². The minimum atomic E-state index is -0.263. The molecular formula is C16H17BrN2O3. The molecule has 1 N–H and O–H groups in total. The molecule has 0 aliphatic carbocycles. The van der Waals surface area contributed by atoms with E-state index in [1.54, 1.807) is 33.0 Å². The fourth-order valence-electron chi connectivity index (χ4n) is 2.09. The number of nitrogens with one attached hydrogen (secondary N) is 1. The molecule has 0 spiro atoms. The molecule has 0 radical (unpaired) electrons. The molecule has 6 heteroatoms. The maximum atomic E-state index is 12.3. The van der Waals surface area contributed by atoms with Gasteiger partial charge in [0.05, 0.1) is 17.8 Å². The lowest BCUT2D eigenvalue weighted by molar-refractivity contribution is -0.116. The second kappa shape index (κ2) is 6.79. The Balaban J connectivity index is 2.01. The molecule has 1 heterocycles. The molecule has 2 rings (SSSR count). The van der Waals surface area contributed by atoms with E-state index >= 15 is 0 Å². The van der Waals surface area contributed by atoms with E-state index in [0.29, 0.717) is 22.8 Å². The molecule has 22 heavy (non-hydrogen) atoms. The summed E-state index contributed by atoms with van der Waals surface area (Å²) in [6, 6.07) is 8.99. The van der Waals surface area contributed by atoms with Crippen molar-refractivity contribution in [1.29, 1.82) is 0 Å². The first-order valence-corrected chi connectivity index (χ1v) is 7.54. The smallest absolute Gasteiger partial charge is 0.257 e. The summed E-state index contributed by atoms with van der Waals surface area (Å²) in [7, 11) is 1.59. The summed E-state index contributed by atoms with van der Waals surface area (Å²) in [5.41, 5.74) is 1.15. The third-order valence-electron chi connectivity index (χ3n) is 3.15. The maximum absolute atomic E-state index is 12.3. The quantitative estimate of drug-likeness (QED) is 0.904. The largest absolute Gasteiger partial charge is 0.466 e. The second-order valence-electron chi connectivity index (χ2n) is 5.02. The molecule has 1 aromatic heterocycles. The molecule has 2 aromatic rings. The number of hydrogen-bond donors (Lipinski definition) is 1. The van der Waals surface area contributed by atoms with E-state index in [4.69, 9.17) is 4.42 Å². The summed E-state index contributed by atoms with van der Waals surface area (Å²) >= 11 is 3.36. The third kappa shape index (κ3) is 3.76. The average molecular weight is 365 g/mol. The van der Waals surface area contributed by atoms with Crippen molar-refractivity contribution in [3.05, 3.63) is 51.9 Å². The number of carbonyl (C=O) groups is 2. The zero-order valence-electron chi connectivity index (χ0n) is 12.6. The van der Waals surface area contributed by atoms with E-state index < -0.39 is 0 Å². The summed E-state index contributed by atoms with van der Waals surface area (Å²) in [6.07, 6.45) is 0. The highest BCUT2D eigenvalue weighted by molar-refractivity contribution is 9.10. The minimum absolute atomic E-state index is 0.0379. The molecule has 0 bridgehead atoms. The average Bonchev–Trinajstić information content (AvgIpc) is 2.79. The van der Waals surface area contributed by atoms with Crippen molar-refractivity contribution in [2.45, 2.75) is 13.8 Å². The highest BCUT2D eigenvalue weighted by Crippen LogP contribution is 2.21. The number of amides is 2. The predicted molar refractivity (Wildman–Crippen MR) is 87.9 cm³/mol. The number of furan rings is 1. The van der Waals surface area contributed by atoms with Crippen LogP contribution in [-0.4, -0.2) is 30.3 Å². The first-order valence-electron chi connectivity index (χ1n) is 6.75. The van der Waals surface area contributed by atoms with Gasteiger partial charge in [-0.15, -0.1) is 0 Å². The number of hydrogen-bond acceptors (Lipinski definition) is 3. The summed E-state index contributed by atoms with van der Waals surface area (Å²) in [5.74, 6) is 0.727. The molecule has 0 aliphatic heterocycles. The first kappa shape index (κ1) is 16.3. The lowest BCUT2D eigenvalue weighted by atomic mass is 10.2. The Hall–Kier alpha value is -2.08. The van der Waals surface area contributed by atoms with E-state index in [0.717, 1.165) is 4.47 Å². The Morgan fingerprint density at radius 1 is 1.27 bits per heavy atom. The molecule has 0 saturated heterocycles. The minimum Gasteiger partial charge on any atom is -0.466 e. The molecular weight excluding hydrogens is 348 g/mol. The van der Waals surface area contributed by atoms with E-state index in [2.05, 4.69) is 21.2 Å². The summed E-state index contributed by atoms with van der Waals surface area (Å²) < 4.78 is 6.14. The molecule has 0 saturated carbocycles. The number of halogens is 1. The standard InChI is InChI=1S/C16H17BrN2O3/c1-10-8-12(11(2)22-10)16(21)19(3)9-15(20)18-14-7-5-4-6-13(14)17/h4-8H,9H2,1-3H3,(H,18,20). The van der Waals surface area contributed by atoms with Crippen molar-refractivity contribution in [2.24, 2.45) is 0 Å². The Bertz CT molecular complexity index is 709. The second-order valence-corrected chi connectivity index (χ2v) is 5.87. The van der Waals surface area contributed by atoms with Gasteiger partial charge in [-0.25, -0.2) is 0 Å². The Kier molecular flexibility index (Phi) is 5.03. The molecule has 2 amide bonds. The zero-order chi connectivity index (χ0) is 16.3. The van der Waals surface area contributed by atoms with E-state index in [1.165, 1.54) is 4.90 Å². The lowest BCUT2D eigenvalue weighted by Crippen LogP contribution is -2.35. The van der Waals surface area contributed by atoms with Crippen LogP contribution in [-0.2, 0) is 4.79 Å². The topological polar surface area (TPSA) is 62.6 Å². The fourth-order valence-corrected chi connectivity index (χ4v) is 2.47. The number of aryl methyl sites for hydroxylation is 2.